The van der Waals surface area contributed by atoms with Gasteiger partial charge in [-0.15, -0.1) is 0 Å². The van der Waals surface area contributed by atoms with Crippen molar-refractivity contribution in [1.82, 2.24) is 15.0 Å². The third-order valence-electron chi connectivity index (χ3n) is 4.98. The number of esters is 1. The lowest BCUT2D eigenvalue weighted by Gasteiger charge is -2.20. The maximum Gasteiger partial charge on any atom is 0.302 e. The van der Waals surface area contributed by atoms with Gasteiger partial charge in [-0.3, -0.25) is 9.52 Å². The molecule has 1 N–H and O–H groups in total. The predicted octanol–water partition coefficient (Wildman–Crippen LogP) is 4.06. The SMILES string of the molecule is COc1cccc(Oc2c(NS(=O)(=O)c3ccc(C)cn3)ncnc2OC(COC(C)=O)c2ccco2)c1. The standard InChI is InChI=1S/C25H24N4O8S/c1-16-9-10-22(26-13-16)38(31,32)29-24-23(36-19-7-4-6-18(12-19)33-3)25(28-15-27-24)37-21(14-35-17(2)30)20-8-5-11-34-20/h4-13,15,21H,14H2,1-3H3,(H,27,28,29). The Kier molecular flexibility index (Phi) is 8.06. The number of nitrogens with one attached hydrogen (secondary N) is 1. The molecule has 1 atom stereocenters. The number of pyridine rings is 1. The average molecular weight is 541 g/mol. The molecule has 0 saturated carbocycles. The van der Waals surface area contributed by atoms with Crippen LogP contribution in [0.25, 0.3) is 0 Å². The Hall–Kier alpha value is -4.65. The molecule has 3 heterocycles. The molecular formula is C25H24N4O8S. The molecule has 1 unspecified atom stereocenters. The number of benzene rings is 1. The fraction of sp³-hybridized carbons (Fsp3) is 0.200. The van der Waals surface area contributed by atoms with E-state index in [0.29, 0.717) is 11.5 Å². The first-order valence-corrected chi connectivity index (χ1v) is 12.7. The molecule has 0 fully saturated rings. The van der Waals surface area contributed by atoms with Gasteiger partial charge in [0.15, 0.2) is 16.9 Å². The van der Waals surface area contributed by atoms with E-state index in [0.717, 1.165) is 11.9 Å². The molecule has 12 nitrogen and oxygen atoms in total. The molecule has 38 heavy (non-hydrogen) atoms. The summed E-state index contributed by atoms with van der Waals surface area (Å²) >= 11 is 0. The molecule has 0 amide bonds. The number of carbonyl (C=O) groups excluding carboxylic acids is 1. The van der Waals surface area contributed by atoms with Gasteiger partial charge in [0.05, 0.1) is 13.4 Å². The van der Waals surface area contributed by atoms with Crippen molar-refractivity contribution < 1.29 is 36.6 Å². The van der Waals surface area contributed by atoms with Crippen molar-refractivity contribution in [2.75, 3.05) is 18.4 Å². The number of rotatable bonds is 11. The van der Waals surface area contributed by atoms with Crippen molar-refractivity contribution >= 4 is 21.8 Å². The minimum absolute atomic E-state index is 0.147. The van der Waals surface area contributed by atoms with E-state index in [1.54, 1.807) is 49.4 Å². The number of aryl methyl sites for hydroxylation is 1. The molecule has 0 bridgehead atoms. The zero-order chi connectivity index (χ0) is 27.1. The highest BCUT2D eigenvalue weighted by molar-refractivity contribution is 7.92. The van der Waals surface area contributed by atoms with Gasteiger partial charge in [-0.2, -0.15) is 13.4 Å². The van der Waals surface area contributed by atoms with E-state index in [-0.39, 0.29) is 34.8 Å². The second-order valence-electron chi connectivity index (χ2n) is 7.84. The largest absolute Gasteiger partial charge is 0.497 e. The fourth-order valence-electron chi connectivity index (χ4n) is 3.16. The maximum absolute atomic E-state index is 13.1. The van der Waals surface area contributed by atoms with Crippen LogP contribution in [0.4, 0.5) is 5.82 Å². The third kappa shape index (κ3) is 6.56. The number of ether oxygens (including phenoxy) is 4. The summed E-state index contributed by atoms with van der Waals surface area (Å²) < 4.78 is 56.4. The molecule has 1 aromatic carbocycles. The van der Waals surface area contributed by atoms with E-state index >= 15 is 0 Å². The van der Waals surface area contributed by atoms with Crippen LogP contribution in [0.3, 0.4) is 0 Å². The van der Waals surface area contributed by atoms with Crippen LogP contribution in [0.5, 0.6) is 23.1 Å². The van der Waals surface area contributed by atoms with Crippen molar-refractivity contribution in [2.24, 2.45) is 0 Å². The number of hydrogen-bond donors (Lipinski definition) is 1. The number of methoxy groups -OCH3 is 1. The summed E-state index contributed by atoms with van der Waals surface area (Å²) in [4.78, 5) is 23.7. The molecule has 4 rings (SSSR count). The summed E-state index contributed by atoms with van der Waals surface area (Å²) in [5.41, 5.74) is 0.792. The van der Waals surface area contributed by atoms with Crippen LogP contribution in [0.2, 0.25) is 0 Å². The fourth-order valence-corrected chi connectivity index (χ4v) is 4.10. The average Bonchev–Trinajstić information content (AvgIpc) is 3.43. The van der Waals surface area contributed by atoms with Gasteiger partial charge in [0.25, 0.3) is 15.9 Å². The summed E-state index contributed by atoms with van der Waals surface area (Å²) in [6.45, 7) is 2.84. The van der Waals surface area contributed by atoms with E-state index in [1.807, 2.05) is 0 Å². The summed E-state index contributed by atoms with van der Waals surface area (Å²) in [6, 6.07) is 12.9. The lowest BCUT2D eigenvalue weighted by molar-refractivity contribution is -0.143. The first-order chi connectivity index (χ1) is 18.2. The highest BCUT2D eigenvalue weighted by Gasteiger charge is 2.27. The predicted molar refractivity (Wildman–Crippen MR) is 134 cm³/mol. The van der Waals surface area contributed by atoms with Gasteiger partial charge in [0, 0.05) is 19.2 Å². The normalized spacial score (nSPS) is 11.9. The molecule has 198 valence electrons. The van der Waals surface area contributed by atoms with E-state index in [4.69, 9.17) is 23.4 Å². The minimum atomic E-state index is -4.17. The molecule has 4 aromatic rings. The quantitative estimate of drug-likeness (QED) is 0.274. The van der Waals surface area contributed by atoms with E-state index < -0.39 is 22.1 Å². The Morgan fingerprint density at radius 2 is 1.89 bits per heavy atom. The number of anilines is 1. The van der Waals surface area contributed by atoms with Crippen molar-refractivity contribution in [3.05, 3.63) is 78.6 Å². The topological polar surface area (TPSA) is 152 Å². The minimum Gasteiger partial charge on any atom is -0.497 e. The zero-order valence-electron chi connectivity index (χ0n) is 20.7. The van der Waals surface area contributed by atoms with Gasteiger partial charge in [0.1, 0.15) is 30.2 Å². The van der Waals surface area contributed by atoms with Crippen LogP contribution in [0.15, 0.2) is 76.8 Å². The molecule has 0 spiro atoms. The Labute approximate surface area is 218 Å². The van der Waals surface area contributed by atoms with Gasteiger partial charge in [0.2, 0.25) is 5.75 Å². The van der Waals surface area contributed by atoms with Gasteiger partial charge >= 0.3 is 5.97 Å². The highest BCUT2D eigenvalue weighted by Crippen LogP contribution is 2.39. The zero-order valence-corrected chi connectivity index (χ0v) is 21.5. The first kappa shape index (κ1) is 26.4. The van der Waals surface area contributed by atoms with E-state index in [1.165, 1.54) is 32.6 Å². The number of sulfonamides is 1. The Bertz CT molecular complexity index is 1490. The highest BCUT2D eigenvalue weighted by atomic mass is 32.2. The molecular weight excluding hydrogens is 516 g/mol. The van der Waals surface area contributed by atoms with Gasteiger partial charge < -0.3 is 23.4 Å². The molecule has 0 radical (unpaired) electrons. The molecule has 0 aliphatic rings. The van der Waals surface area contributed by atoms with Gasteiger partial charge in [-0.05, 0) is 42.8 Å². The van der Waals surface area contributed by atoms with Crippen LogP contribution in [-0.2, 0) is 19.6 Å². The number of furan rings is 1. The molecule has 0 saturated heterocycles. The lowest BCUT2D eigenvalue weighted by atomic mass is 10.3. The van der Waals surface area contributed by atoms with Crippen molar-refractivity contribution in [3.8, 4) is 23.1 Å². The van der Waals surface area contributed by atoms with Crippen LogP contribution in [0, 0.1) is 6.92 Å². The molecule has 0 aliphatic carbocycles. The second-order valence-corrected chi connectivity index (χ2v) is 9.47. The van der Waals surface area contributed by atoms with Crippen molar-refractivity contribution in [1.29, 1.82) is 0 Å². The first-order valence-electron chi connectivity index (χ1n) is 11.2. The third-order valence-corrected chi connectivity index (χ3v) is 6.23. The Morgan fingerprint density at radius 1 is 1.08 bits per heavy atom. The van der Waals surface area contributed by atoms with Crippen LogP contribution >= 0.6 is 0 Å². The van der Waals surface area contributed by atoms with Crippen molar-refractivity contribution in [3.63, 3.8) is 0 Å². The van der Waals surface area contributed by atoms with Gasteiger partial charge in [-0.25, -0.2) is 9.97 Å². The number of aromatic nitrogens is 3. The number of nitrogens with zero attached hydrogens (tertiary/aromatic N) is 3. The number of carbonyl (C=O) groups is 1. The van der Waals surface area contributed by atoms with Crippen LogP contribution < -0.4 is 18.9 Å². The van der Waals surface area contributed by atoms with Gasteiger partial charge in [-0.1, -0.05) is 12.1 Å². The summed E-state index contributed by atoms with van der Waals surface area (Å²) in [5, 5.41) is -0.222. The molecule has 3 aromatic heterocycles. The smallest absolute Gasteiger partial charge is 0.302 e. The molecule has 13 heteroatoms. The number of hydrogen-bond acceptors (Lipinski definition) is 11. The summed E-state index contributed by atoms with van der Waals surface area (Å²) in [5.74, 6) is 0.0686. The van der Waals surface area contributed by atoms with Crippen molar-refractivity contribution in [2.45, 2.75) is 25.0 Å². The lowest BCUT2D eigenvalue weighted by Crippen LogP contribution is -2.19. The summed E-state index contributed by atoms with van der Waals surface area (Å²) in [7, 11) is -2.67. The van der Waals surface area contributed by atoms with E-state index in [2.05, 4.69) is 19.7 Å². The van der Waals surface area contributed by atoms with Crippen LogP contribution in [0.1, 0.15) is 24.4 Å². The Morgan fingerprint density at radius 3 is 2.58 bits per heavy atom. The summed E-state index contributed by atoms with van der Waals surface area (Å²) in [6.07, 6.45) is 3.03. The second kappa shape index (κ2) is 11.6. The van der Waals surface area contributed by atoms with E-state index in [9.17, 15) is 13.2 Å². The van der Waals surface area contributed by atoms with Crippen LogP contribution in [-0.4, -0.2) is 43.1 Å². The monoisotopic (exact) mass is 540 g/mol. The Balaban J connectivity index is 1.75. The maximum atomic E-state index is 13.1. The molecule has 0 aliphatic heterocycles.